The molecule has 0 saturated carbocycles. The van der Waals surface area contributed by atoms with Gasteiger partial charge in [-0.2, -0.15) is 0 Å². The zero-order valence-corrected chi connectivity index (χ0v) is 22.9. The van der Waals surface area contributed by atoms with Crippen LogP contribution < -0.4 is 5.32 Å². The van der Waals surface area contributed by atoms with Gasteiger partial charge < -0.3 is 24.7 Å². The van der Waals surface area contributed by atoms with E-state index in [1.165, 1.54) is 44.9 Å². The summed E-state index contributed by atoms with van der Waals surface area (Å²) < 4.78 is 11.4. The van der Waals surface area contributed by atoms with E-state index in [0.29, 0.717) is 24.0 Å². The van der Waals surface area contributed by atoms with Crippen molar-refractivity contribution in [2.75, 3.05) is 39.9 Å². The summed E-state index contributed by atoms with van der Waals surface area (Å²) in [6.07, 6.45) is 21.7. The van der Waals surface area contributed by atoms with Crippen molar-refractivity contribution in [2.24, 2.45) is 0 Å². The molecule has 34 heavy (non-hydrogen) atoms. The fraction of sp³-hybridized carbons (Fsp3) is 0.808. The van der Waals surface area contributed by atoms with Crippen LogP contribution in [-0.2, 0) is 9.36 Å². The monoisotopic (exact) mass is 503 g/mol. The molecule has 1 atom stereocenters. The molecule has 4 N–H and O–H groups in total. The molecule has 7 nitrogen and oxygen atoms in total. The van der Waals surface area contributed by atoms with Gasteiger partial charge in [0.15, 0.2) is 0 Å². The van der Waals surface area contributed by atoms with Crippen LogP contribution in [0.1, 0.15) is 90.4 Å². The van der Waals surface area contributed by atoms with Gasteiger partial charge in [-0.1, -0.05) is 63.3 Å². The highest BCUT2D eigenvalue weighted by molar-refractivity contribution is 7.51. The van der Waals surface area contributed by atoms with Gasteiger partial charge >= 0.3 is 7.60 Å². The third-order valence-electron chi connectivity index (χ3n) is 5.77. The van der Waals surface area contributed by atoms with Gasteiger partial charge in [0.1, 0.15) is 12.6 Å². The first kappa shape index (κ1) is 33.0. The Labute approximate surface area is 208 Å². The molecule has 0 aliphatic heterocycles. The van der Waals surface area contributed by atoms with Gasteiger partial charge in [0.2, 0.25) is 5.91 Å². The smallest absolute Gasteiger partial charge is 0.328 e. The Kier molecular flexibility index (Phi) is 19.7. The molecular weight excluding hydrogens is 451 g/mol. The van der Waals surface area contributed by atoms with Crippen molar-refractivity contribution in [3.8, 4) is 0 Å². The Balaban J connectivity index is 3.61. The van der Waals surface area contributed by atoms with Crippen molar-refractivity contribution in [1.82, 2.24) is 5.32 Å². The Bertz CT molecular complexity index is 616. The van der Waals surface area contributed by atoms with Gasteiger partial charge in [-0.3, -0.25) is 9.36 Å². The van der Waals surface area contributed by atoms with E-state index >= 15 is 0 Å². The molecule has 0 rings (SSSR count). The summed E-state index contributed by atoms with van der Waals surface area (Å²) in [7, 11) is -0.387. The number of nitrogens with one attached hydrogen (secondary N) is 1. The SMILES string of the molecule is CCCCC/C=C\C/C=C\CCCCCCCC(=O)NCCC[N+](C)(C)CC(O)CP(=O)(O)O. The summed E-state index contributed by atoms with van der Waals surface area (Å²) in [5, 5.41) is 12.8. The second-order valence-corrected chi connectivity index (χ2v) is 11.7. The number of carbonyl (C=O) groups excluding carboxylic acids is 1. The highest BCUT2D eigenvalue weighted by Crippen LogP contribution is 2.35. The summed E-state index contributed by atoms with van der Waals surface area (Å²) in [5.41, 5.74) is 0. The van der Waals surface area contributed by atoms with Crippen LogP contribution >= 0.6 is 7.60 Å². The number of allylic oxidation sites excluding steroid dienone is 4. The second kappa shape index (κ2) is 20.2. The average molecular weight is 504 g/mol. The number of aliphatic hydroxyl groups is 1. The number of quaternary nitrogens is 1. The number of nitrogens with zero attached hydrogens (tertiary/aromatic N) is 1. The summed E-state index contributed by atoms with van der Waals surface area (Å²) in [6, 6.07) is 0. The Morgan fingerprint density at radius 3 is 2.12 bits per heavy atom. The number of hydrogen-bond acceptors (Lipinski definition) is 3. The van der Waals surface area contributed by atoms with Gasteiger partial charge in [0, 0.05) is 19.4 Å². The molecule has 0 aliphatic carbocycles. The number of rotatable bonds is 22. The third kappa shape index (κ3) is 24.2. The maximum Gasteiger partial charge on any atom is 0.328 e. The number of likely N-dealkylation sites (N-methyl/N-ethyl adjacent to an activating group) is 1. The normalized spacial score (nSPS) is 13.7. The van der Waals surface area contributed by atoms with Crippen LogP contribution in [0.3, 0.4) is 0 Å². The molecule has 0 bridgehead atoms. The molecule has 0 fully saturated rings. The predicted molar refractivity (Wildman–Crippen MR) is 142 cm³/mol. The van der Waals surface area contributed by atoms with E-state index in [9.17, 15) is 14.5 Å². The summed E-state index contributed by atoms with van der Waals surface area (Å²) in [4.78, 5) is 29.9. The molecule has 1 unspecified atom stereocenters. The first-order valence-electron chi connectivity index (χ1n) is 13.2. The van der Waals surface area contributed by atoms with Crippen molar-refractivity contribution in [3.05, 3.63) is 24.3 Å². The lowest BCUT2D eigenvalue weighted by molar-refractivity contribution is -0.893. The zero-order valence-electron chi connectivity index (χ0n) is 22.0. The highest BCUT2D eigenvalue weighted by Gasteiger charge is 2.26. The van der Waals surface area contributed by atoms with Gasteiger partial charge in [0.05, 0.1) is 26.8 Å². The third-order valence-corrected chi connectivity index (χ3v) is 6.67. The fourth-order valence-corrected chi connectivity index (χ4v) is 4.58. The van der Waals surface area contributed by atoms with Crippen LogP contribution in [0.2, 0.25) is 0 Å². The van der Waals surface area contributed by atoms with Crippen LogP contribution in [0.4, 0.5) is 0 Å². The maximum atomic E-state index is 12.0. The molecule has 0 aromatic heterocycles. The number of carbonyl (C=O) groups is 1. The molecular formula is C26H52N2O5P+. The summed E-state index contributed by atoms with van der Waals surface area (Å²) >= 11 is 0. The zero-order chi connectivity index (χ0) is 25.7. The van der Waals surface area contributed by atoms with Crippen LogP contribution in [-0.4, -0.2) is 71.3 Å². The minimum atomic E-state index is -4.21. The van der Waals surface area contributed by atoms with Gasteiger partial charge in [-0.25, -0.2) is 0 Å². The fourth-order valence-electron chi connectivity index (χ4n) is 3.91. The number of amides is 1. The largest absolute Gasteiger partial charge is 0.387 e. The van der Waals surface area contributed by atoms with Gasteiger partial charge in [0.25, 0.3) is 0 Å². The van der Waals surface area contributed by atoms with E-state index in [-0.39, 0.29) is 12.5 Å². The van der Waals surface area contributed by atoms with Crippen molar-refractivity contribution < 1.29 is 28.7 Å². The van der Waals surface area contributed by atoms with E-state index in [4.69, 9.17) is 9.79 Å². The van der Waals surface area contributed by atoms with Gasteiger partial charge in [-0.05, 0) is 38.5 Å². The van der Waals surface area contributed by atoms with E-state index in [0.717, 1.165) is 32.1 Å². The number of hydrogen-bond donors (Lipinski definition) is 4. The number of unbranched alkanes of at least 4 members (excludes halogenated alkanes) is 8. The van der Waals surface area contributed by atoms with Crippen molar-refractivity contribution >= 4 is 13.5 Å². The first-order chi connectivity index (χ1) is 16.1. The molecule has 0 heterocycles. The predicted octanol–water partition coefficient (Wildman–Crippen LogP) is 4.92. The highest BCUT2D eigenvalue weighted by atomic mass is 31.2. The molecule has 8 heteroatoms. The van der Waals surface area contributed by atoms with E-state index in [1.807, 2.05) is 14.1 Å². The van der Waals surface area contributed by atoms with Crippen LogP contribution in [0.5, 0.6) is 0 Å². The molecule has 0 saturated heterocycles. The van der Waals surface area contributed by atoms with Crippen molar-refractivity contribution in [1.29, 1.82) is 0 Å². The molecule has 0 radical (unpaired) electrons. The van der Waals surface area contributed by atoms with Crippen molar-refractivity contribution in [2.45, 2.75) is 96.5 Å². The quantitative estimate of drug-likeness (QED) is 0.0726. The summed E-state index contributed by atoms with van der Waals surface area (Å²) in [6.45, 7) is 3.79. The molecule has 0 aromatic rings. The van der Waals surface area contributed by atoms with Crippen LogP contribution in [0.25, 0.3) is 0 Å². The first-order valence-corrected chi connectivity index (χ1v) is 15.0. The lowest BCUT2D eigenvalue weighted by atomic mass is 10.1. The van der Waals surface area contributed by atoms with E-state index in [1.54, 1.807) is 0 Å². The second-order valence-electron chi connectivity index (χ2n) is 10.0. The summed E-state index contributed by atoms with van der Waals surface area (Å²) in [5.74, 6) is 0.0810. The van der Waals surface area contributed by atoms with Crippen LogP contribution in [0.15, 0.2) is 24.3 Å². The Hall–Kier alpha value is -0.980. The maximum absolute atomic E-state index is 12.0. The van der Waals surface area contributed by atoms with Crippen molar-refractivity contribution in [3.63, 3.8) is 0 Å². The molecule has 0 spiro atoms. The van der Waals surface area contributed by atoms with E-state index in [2.05, 4.69) is 36.5 Å². The molecule has 0 aliphatic rings. The minimum Gasteiger partial charge on any atom is -0.387 e. The average Bonchev–Trinajstić information content (AvgIpc) is 2.72. The Morgan fingerprint density at radius 2 is 1.50 bits per heavy atom. The van der Waals surface area contributed by atoms with Gasteiger partial charge in [-0.15, -0.1) is 0 Å². The lowest BCUT2D eigenvalue weighted by Gasteiger charge is -2.32. The molecule has 200 valence electrons. The van der Waals surface area contributed by atoms with E-state index < -0.39 is 19.9 Å². The lowest BCUT2D eigenvalue weighted by Crippen LogP contribution is -2.47. The topological polar surface area (TPSA) is 107 Å². The van der Waals surface area contributed by atoms with Crippen LogP contribution in [0, 0.1) is 0 Å². The molecule has 1 amide bonds. The molecule has 0 aromatic carbocycles. The standard InChI is InChI=1S/C26H51N2O5P/c1-4-5-6-7-8-9-10-11-12-13-14-15-16-17-18-20-26(30)27-21-19-22-28(2,3)23-25(29)24-34(31,32)33/h8-9,11-12,25,29H,4-7,10,13-24H2,1-3H3,(H2-,27,30,31,32,33)/p+1/b9-8-,12-11-. The number of aliphatic hydroxyl groups excluding tert-OH is 1. The Morgan fingerprint density at radius 1 is 0.912 bits per heavy atom. The minimum absolute atomic E-state index is 0.0810.